The Morgan fingerprint density at radius 1 is 1.12 bits per heavy atom. The van der Waals surface area contributed by atoms with Gasteiger partial charge in [-0.15, -0.1) is 0 Å². The molecule has 0 bridgehead atoms. The molecule has 3 aromatic rings. The van der Waals surface area contributed by atoms with Crippen LogP contribution in [0.5, 0.6) is 0 Å². The quantitative estimate of drug-likeness (QED) is 0.390. The summed E-state index contributed by atoms with van der Waals surface area (Å²) in [5.41, 5.74) is 0.396. The fourth-order valence-electron chi connectivity index (χ4n) is 5.55. The van der Waals surface area contributed by atoms with Crippen molar-refractivity contribution in [2.24, 2.45) is 5.41 Å². The number of benzene rings is 1. The average molecular weight is 550 g/mol. The van der Waals surface area contributed by atoms with Gasteiger partial charge in [0.1, 0.15) is 11.2 Å². The van der Waals surface area contributed by atoms with Crippen LogP contribution in [-0.4, -0.2) is 62.5 Å². The van der Waals surface area contributed by atoms with Crippen LogP contribution in [-0.2, 0) is 16.8 Å². The molecule has 216 valence electrons. The highest BCUT2D eigenvalue weighted by molar-refractivity contribution is 5.68. The van der Waals surface area contributed by atoms with Crippen LogP contribution in [0.3, 0.4) is 0 Å². The third kappa shape index (κ3) is 6.20. The number of nitrogens with zero attached hydrogens (tertiary/aromatic N) is 4. The van der Waals surface area contributed by atoms with Gasteiger partial charge < -0.3 is 24.6 Å². The molecule has 1 amide bonds. The molecule has 3 heterocycles. The molecule has 2 aromatic heterocycles. The topological polar surface area (TPSA) is 114 Å². The minimum Gasteiger partial charge on any atom is -0.444 e. The fraction of sp³-hybridized carbons (Fsp3) is 0.548. The number of rotatable bonds is 8. The van der Waals surface area contributed by atoms with Gasteiger partial charge in [-0.05, 0) is 64.8 Å². The summed E-state index contributed by atoms with van der Waals surface area (Å²) in [5.74, 6) is 1.13. The predicted octanol–water partition coefficient (Wildman–Crippen LogP) is 5.29. The van der Waals surface area contributed by atoms with E-state index in [1.165, 1.54) is 5.56 Å². The lowest BCUT2D eigenvalue weighted by molar-refractivity contribution is -0.127. The molecule has 4 rings (SSSR count). The molecule has 9 heteroatoms. The van der Waals surface area contributed by atoms with Crippen molar-refractivity contribution in [1.29, 1.82) is 0 Å². The molecule has 0 saturated carbocycles. The number of likely N-dealkylation sites (tertiary alicyclic amines) is 1. The standard InChI is InChI=1S/C31H43N5O4/c1-20(2)21-10-12-23(13-11-21)31(38,30(8)18-36(9)19-30)24-14-22(16-32-17-24)26-33-25(40-35-26)15-29(6,7)34-27(37)39-28(3,4)5/h10-14,16-17,20,38H,15,18-19H2,1-9H3,(H,34,37)/t31-/m0/s1. The van der Waals surface area contributed by atoms with Crippen molar-refractivity contribution in [3.63, 3.8) is 0 Å². The van der Waals surface area contributed by atoms with E-state index in [1.54, 1.807) is 12.4 Å². The number of pyridine rings is 1. The Labute approximate surface area is 237 Å². The van der Waals surface area contributed by atoms with Crippen LogP contribution in [0.4, 0.5) is 4.79 Å². The Bertz CT molecular complexity index is 1340. The van der Waals surface area contributed by atoms with Crippen LogP contribution >= 0.6 is 0 Å². The number of nitrogens with one attached hydrogen (secondary N) is 1. The summed E-state index contributed by atoms with van der Waals surface area (Å²) in [4.78, 5) is 23.5. The van der Waals surface area contributed by atoms with Gasteiger partial charge in [0.2, 0.25) is 11.7 Å². The molecular weight excluding hydrogens is 506 g/mol. The second kappa shape index (κ2) is 10.6. The molecule has 2 N–H and O–H groups in total. The van der Waals surface area contributed by atoms with Gasteiger partial charge in [0.15, 0.2) is 0 Å². The second-order valence-electron chi connectivity index (χ2n) is 13.4. The Balaban J connectivity index is 1.62. The minimum atomic E-state index is -1.27. The van der Waals surface area contributed by atoms with E-state index >= 15 is 0 Å². The molecule has 1 fully saturated rings. The Kier molecular flexibility index (Phi) is 7.86. The summed E-state index contributed by atoms with van der Waals surface area (Å²) in [7, 11) is 2.05. The molecule has 1 aromatic carbocycles. The highest BCUT2D eigenvalue weighted by Crippen LogP contribution is 2.50. The maximum absolute atomic E-state index is 12.5. The first-order chi connectivity index (χ1) is 18.5. The molecule has 1 aliphatic rings. The van der Waals surface area contributed by atoms with Gasteiger partial charge in [0.05, 0.1) is 0 Å². The number of hydrogen-bond acceptors (Lipinski definition) is 8. The first-order valence-electron chi connectivity index (χ1n) is 13.8. The lowest BCUT2D eigenvalue weighted by Crippen LogP contribution is -2.63. The molecular formula is C31H43N5O4. The van der Waals surface area contributed by atoms with Crippen LogP contribution in [0.1, 0.15) is 83.9 Å². The van der Waals surface area contributed by atoms with Crippen molar-refractivity contribution in [3.05, 3.63) is 65.3 Å². The molecule has 40 heavy (non-hydrogen) atoms. The summed E-state index contributed by atoms with van der Waals surface area (Å²) in [6.07, 6.45) is 3.19. The van der Waals surface area contributed by atoms with Crippen LogP contribution in [0.25, 0.3) is 11.4 Å². The van der Waals surface area contributed by atoms with Gasteiger partial charge in [-0.1, -0.05) is 50.2 Å². The van der Waals surface area contributed by atoms with Gasteiger partial charge in [-0.3, -0.25) is 4.98 Å². The van der Waals surface area contributed by atoms with E-state index in [2.05, 4.69) is 65.3 Å². The Hall–Kier alpha value is -3.30. The number of carbonyl (C=O) groups is 1. The zero-order valence-electron chi connectivity index (χ0n) is 25.2. The number of ether oxygens (including phenoxy) is 1. The molecule has 0 radical (unpaired) electrons. The van der Waals surface area contributed by atoms with E-state index < -0.39 is 28.2 Å². The summed E-state index contributed by atoms with van der Waals surface area (Å²) in [6, 6.07) is 10.1. The second-order valence-corrected chi connectivity index (χ2v) is 13.4. The minimum absolute atomic E-state index is 0.308. The molecule has 0 spiro atoms. The van der Waals surface area contributed by atoms with E-state index in [4.69, 9.17) is 9.26 Å². The van der Waals surface area contributed by atoms with E-state index in [0.29, 0.717) is 35.2 Å². The van der Waals surface area contributed by atoms with E-state index in [0.717, 1.165) is 18.7 Å². The highest BCUT2D eigenvalue weighted by Gasteiger charge is 2.55. The average Bonchev–Trinajstić information content (AvgIpc) is 3.28. The number of aromatic nitrogens is 3. The first-order valence-corrected chi connectivity index (χ1v) is 13.8. The third-order valence-corrected chi connectivity index (χ3v) is 7.42. The lowest BCUT2D eigenvalue weighted by atomic mass is 9.62. The van der Waals surface area contributed by atoms with Crippen molar-refractivity contribution in [1.82, 2.24) is 25.3 Å². The number of amides is 1. The molecule has 0 unspecified atom stereocenters. The van der Waals surface area contributed by atoms with Crippen LogP contribution < -0.4 is 5.32 Å². The maximum atomic E-state index is 12.5. The van der Waals surface area contributed by atoms with Crippen molar-refractivity contribution in [2.75, 3.05) is 20.1 Å². The highest BCUT2D eigenvalue weighted by atomic mass is 16.6. The summed E-state index contributed by atoms with van der Waals surface area (Å²) >= 11 is 0. The van der Waals surface area contributed by atoms with Crippen molar-refractivity contribution < 1.29 is 19.2 Å². The third-order valence-electron chi connectivity index (χ3n) is 7.42. The SMILES string of the molecule is CC(C)c1ccc([C@](O)(c2cncc(-c3noc(CC(C)(C)NC(=O)OC(C)(C)C)n3)c2)C2(C)CN(C)C2)cc1. The molecule has 1 atom stereocenters. The normalized spacial score (nSPS) is 17.3. The number of hydrogen-bond donors (Lipinski definition) is 2. The predicted molar refractivity (Wildman–Crippen MR) is 154 cm³/mol. The largest absolute Gasteiger partial charge is 0.444 e. The molecule has 1 saturated heterocycles. The van der Waals surface area contributed by atoms with Gasteiger partial charge in [-0.25, -0.2) is 4.79 Å². The first kappa shape index (κ1) is 29.7. The van der Waals surface area contributed by atoms with E-state index in [9.17, 15) is 9.90 Å². The Morgan fingerprint density at radius 3 is 2.35 bits per heavy atom. The van der Waals surface area contributed by atoms with Crippen molar-refractivity contribution in [3.8, 4) is 11.4 Å². The van der Waals surface area contributed by atoms with Gasteiger partial charge >= 0.3 is 6.09 Å². The molecule has 1 aliphatic heterocycles. The van der Waals surface area contributed by atoms with Gasteiger partial charge in [-0.2, -0.15) is 4.98 Å². The van der Waals surface area contributed by atoms with Crippen LogP contribution in [0.15, 0.2) is 47.2 Å². The number of carbonyl (C=O) groups excluding carboxylic acids is 1. The summed E-state index contributed by atoms with van der Waals surface area (Å²) in [6.45, 7) is 17.1. The Morgan fingerprint density at radius 2 is 1.77 bits per heavy atom. The van der Waals surface area contributed by atoms with Crippen LogP contribution in [0, 0.1) is 5.41 Å². The van der Waals surface area contributed by atoms with Gasteiger partial charge in [0.25, 0.3) is 0 Å². The monoisotopic (exact) mass is 549 g/mol. The zero-order chi connectivity index (χ0) is 29.5. The fourth-order valence-corrected chi connectivity index (χ4v) is 5.55. The summed E-state index contributed by atoms with van der Waals surface area (Å²) < 4.78 is 10.9. The van der Waals surface area contributed by atoms with E-state index in [1.807, 2.05) is 52.8 Å². The lowest BCUT2D eigenvalue weighted by Gasteiger charge is -2.55. The van der Waals surface area contributed by atoms with Gasteiger partial charge in [0, 0.05) is 54.0 Å². The number of alkyl carbamates (subject to hydrolysis) is 1. The van der Waals surface area contributed by atoms with Crippen LogP contribution in [0.2, 0.25) is 0 Å². The van der Waals surface area contributed by atoms with Crippen molar-refractivity contribution in [2.45, 2.75) is 84.5 Å². The smallest absolute Gasteiger partial charge is 0.408 e. The maximum Gasteiger partial charge on any atom is 0.408 e. The summed E-state index contributed by atoms with van der Waals surface area (Å²) in [5, 5.41) is 19.5. The molecule has 9 nitrogen and oxygen atoms in total. The zero-order valence-corrected chi connectivity index (χ0v) is 25.2. The molecule has 0 aliphatic carbocycles. The van der Waals surface area contributed by atoms with E-state index in [-0.39, 0.29) is 0 Å². The van der Waals surface area contributed by atoms with Crippen molar-refractivity contribution >= 4 is 6.09 Å². The number of aliphatic hydroxyl groups is 1.